The van der Waals surface area contributed by atoms with Crippen molar-refractivity contribution in [3.8, 4) is 0 Å². The molecule has 0 spiro atoms. The van der Waals surface area contributed by atoms with Crippen molar-refractivity contribution in [3.05, 3.63) is 35.4 Å². The van der Waals surface area contributed by atoms with Crippen LogP contribution >= 0.6 is 12.4 Å². The smallest absolute Gasteiger partial charge is 0.251 e. The van der Waals surface area contributed by atoms with E-state index in [4.69, 9.17) is 4.74 Å². The standard InChI is InChI=1S/C18H27N3O3.ClH/c1-3-20-16(22)15-6-4-5-14(11-15)12-21-17(23)18(13-24-2)7-9-19-10-8-18;/h4-6,11,19H,3,7-10,12-13H2,1-2H3,(H,20,22)(H,21,23);1H. The molecule has 1 aromatic rings. The predicted molar refractivity (Wildman–Crippen MR) is 100.0 cm³/mol. The molecule has 2 rings (SSSR count). The molecule has 1 saturated heterocycles. The van der Waals surface area contributed by atoms with Gasteiger partial charge < -0.3 is 20.7 Å². The minimum atomic E-state index is -0.461. The molecule has 0 atom stereocenters. The number of halogens is 1. The first-order chi connectivity index (χ1) is 11.6. The minimum absolute atomic E-state index is 0. The van der Waals surface area contributed by atoms with E-state index in [0.29, 0.717) is 25.3 Å². The molecule has 0 aliphatic carbocycles. The van der Waals surface area contributed by atoms with Crippen LogP contribution in [0.5, 0.6) is 0 Å². The Kier molecular flexibility index (Phi) is 8.89. The van der Waals surface area contributed by atoms with E-state index in [9.17, 15) is 9.59 Å². The topological polar surface area (TPSA) is 79.5 Å². The highest BCUT2D eigenvalue weighted by Gasteiger charge is 2.39. The summed E-state index contributed by atoms with van der Waals surface area (Å²) in [5.41, 5.74) is 1.06. The molecule has 1 heterocycles. The van der Waals surface area contributed by atoms with Gasteiger partial charge in [0.2, 0.25) is 5.91 Å². The van der Waals surface area contributed by atoms with Crippen molar-refractivity contribution in [2.75, 3.05) is 33.4 Å². The van der Waals surface area contributed by atoms with Crippen LogP contribution in [-0.2, 0) is 16.1 Å². The molecule has 7 heteroatoms. The third-order valence-corrected chi connectivity index (χ3v) is 4.44. The maximum absolute atomic E-state index is 12.7. The van der Waals surface area contributed by atoms with Crippen molar-refractivity contribution in [1.82, 2.24) is 16.0 Å². The quantitative estimate of drug-likeness (QED) is 0.680. The molecule has 1 aliphatic rings. The lowest BCUT2D eigenvalue weighted by atomic mass is 9.78. The Bertz CT molecular complexity index is 569. The van der Waals surface area contributed by atoms with E-state index in [2.05, 4.69) is 16.0 Å². The Balaban J connectivity index is 0.00000312. The summed E-state index contributed by atoms with van der Waals surface area (Å²) in [5.74, 6) is -0.0749. The zero-order valence-corrected chi connectivity index (χ0v) is 15.7. The van der Waals surface area contributed by atoms with Crippen molar-refractivity contribution in [2.24, 2.45) is 5.41 Å². The Morgan fingerprint density at radius 1 is 1.24 bits per heavy atom. The van der Waals surface area contributed by atoms with Gasteiger partial charge in [0.1, 0.15) is 0 Å². The van der Waals surface area contributed by atoms with Gasteiger partial charge in [0.15, 0.2) is 0 Å². The van der Waals surface area contributed by atoms with Gasteiger partial charge >= 0.3 is 0 Å². The first-order valence-corrected chi connectivity index (χ1v) is 8.46. The van der Waals surface area contributed by atoms with Crippen LogP contribution in [0.25, 0.3) is 0 Å². The number of carbonyl (C=O) groups is 2. The van der Waals surface area contributed by atoms with Crippen LogP contribution in [0.2, 0.25) is 0 Å². The summed E-state index contributed by atoms with van der Waals surface area (Å²) in [5, 5.41) is 9.07. The van der Waals surface area contributed by atoms with Gasteiger partial charge in [-0.15, -0.1) is 12.4 Å². The molecule has 1 aliphatic heterocycles. The van der Waals surface area contributed by atoms with Crippen molar-refractivity contribution < 1.29 is 14.3 Å². The number of ether oxygens (including phenoxy) is 1. The van der Waals surface area contributed by atoms with Crippen LogP contribution in [0.15, 0.2) is 24.3 Å². The molecular formula is C18H28ClN3O3. The largest absolute Gasteiger partial charge is 0.384 e. The molecule has 0 bridgehead atoms. The highest BCUT2D eigenvalue weighted by atomic mass is 35.5. The Morgan fingerprint density at radius 2 is 1.96 bits per heavy atom. The van der Waals surface area contributed by atoms with Gasteiger partial charge in [-0.25, -0.2) is 0 Å². The van der Waals surface area contributed by atoms with E-state index in [1.165, 1.54) is 0 Å². The zero-order chi connectivity index (χ0) is 17.4. The number of methoxy groups -OCH3 is 1. The third kappa shape index (κ3) is 5.70. The van der Waals surface area contributed by atoms with Crippen LogP contribution in [0.3, 0.4) is 0 Å². The predicted octanol–water partition coefficient (Wildman–Crippen LogP) is 1.49. The lowest BCUT2D eigenvalue weighted by Gasteiger charge is -2.35. The third-order valence-electron chi connectivity index (χ3n) is 4.44. The summed E-state index contributed by atoms with van der Waals surface area (Å²) in [6.45, 7) is 4.96. The summed E-state index contributed by atoms with van der Waals surface area (Å²) >= 11 is 0. The van der Waals surface area contributed by atoms with E-state index < -0.39 is 5.41 Å². The molecule has 1 aromatic carbocycles. The van der Waals surface area contributed by atoms with Crippen LogP contribution in [0.1, 0.15) is 35.7 Å². The fourth-order valence-electron chi connectivity index (χ4n) is 3.07. The minimum Gasteiger partial charge on any atom is -0.384 e. The fourth-order valence-corrected chi connectivity index (χ4v) is 3.07. The molecular weight excluding hydrogens is 342 g/mol. The lowest BCUT2D eigenvalue weighted by Crippen LogP contribution is -2.49. The molecule has 0 aromatic heterocycles. The molecule has 0 saturated carbocycles. The zero-order valence-electron chi connectivity index (χ0n) is 14.9. The molecule has 140 valence electrons. The SMILES string of the molecule is CCNC(=O)c1cccc(CNC(=O)C2(COC)CCNCC2)c1.Cl. The van der Waals surface area contributed by atoms with Crippen LogP contribution in [0, 0.1) is 5.41 Å². The summed E-state index contributed by atoms with van der Waals surface area (Å²) in [6.07, 6.45) is 1.54. The molecule has 6 nitrogen and oxygen atoms in total. The molecule has 25 heavy (non-hydrogen) atoms. The molecule has 1 fully saturated rings. The first-order valence-electron chi connectivity index (χ1n) is 8.46. The second-order valence-electron chi connectivity index (χ2n) is 6.21. The molecule has 3 N–H and O–H groups in total. The Morgan fingerprint density at radius 3 is 2.60 bits per heavy atom. The molecule has 2 amide bonds. The summed E-state index contributed by atoms with van der Waals surface area (Å²) in [6, 6.07) is 7.34. The highest BCUT2D eigenvalue weighted by Crippen LogP contribution is 2.29. The van der Waals surface area contributed by atoms with Crippen molar-refractivity contribution >= 4 is 24.2 Å². The molecule has 0 radical (unpaired) electrons. The van der Waals surface area contributed by atoms with Crippen molar-refractivity contribution in [1.29, 1.82) is 0 Å². The van der Waals surface area contributed by atoms with Gasteiger partial charge in [0, 0.05) is 25.8 Å². The van der Waals surface area contributed by atoms with Crippen LogP contribution in [-0.4, -0.2) is 45.2 Å². The van der Waals surface area contributed by atoms with Gasteiger partial charge in [-0.05, 0) is 50.6 Å². The summed E-state index contributed by atoms with van der Waals surface area (Å²) < 4.78 is 5.29. The number of hydrogen-bond acceptors (Lipinski definition) is 4. The highest BCUT2D eigenvalue weighted by molar-refractivity contribution is 5.94. The van der Waals surface area contributed by atoms with Gasteiger partial charge in [-0.3, -0.25) is 9.59 Å². The first kappa shape index (κ1) is 21.4. The van der Waals surface area contributed by atoms with E-state index in [0.717, 1.165) is 31.5 Å². The van der Waals surface area contributed by atoms with E-state index in [1.54, 1.807) is 13.2 Å². The number of benzene rings is 1. The number of carbonyl (C=O) groups excluding carboxylic acids is 2. The maximum Gasteiger partial charge on any atom is 0.251 e. The van der Waals surface area contributed by atoms with Gasteiger partial charge in [-0.2, -0.15) is 0 Å². The Hall–Kier alpha value is -1.63. The number of nitrogens with one attached hydrogen (secondary N) is 3. The van der Waals surface area contributed by atoms with Crippen LogP contribution in [0.4, 0.5) is 0 Å². The normalized spacial score (nSPS) is 15.8. The fraction of sp³-hybridized carbons (Fsp3) is 0.556. The molecule has 0 unspecified atom stereocenters. The summed E-state index contributed by atoms with van der Waals surface area (Å²) in [7, 11) is 1.63. The second kappa shape index (κ2) is 10.4. The number of rotatable bonds is 7. The van der Waals surface area contributed by atoms with E-state index in [1.807, 2.05) is 25.1 Å². The van der Waals surface area contributed by atoms with Gasteiger partial charge in [0.05, 0.1) is 12.0 Å². The van der Waals surface area contributed by atoms with Crippen molar-refractivity contribution in [3.63, 3.8) is 0 Å². The van der Waals surface area contributed by atoms with Gasteiger partial charge in [0.25, 0.3) is 5.91 Å². The monoisotopic (exact) mass is 369 g/mol. The average molecular weight is 370 g/mol. The van der Waals surface area contributed by atoms with E-state index >= 15 is 0 Å². The number of hydrogen-bond donors (Lipinski definition) is 3. The summed E-state index contributed by atoms with van der Waals surface area (Å²) in [4.78, 5) is 24.6. The second-order valence-corrected chi connectivity index (χ2v) is 6.21. The number of amides is 2. The Labute approximate surface area is 155 Å². The van der Waals surface area contributed by atoms with Crippen LogP contribution < -0.4 is 16.0 Å². The maximum atomic E-state index is 12.7. The number of piperidine rings is 1. The average Bonchev–Trinajstić information content (AvgIpc) is 2.61. The van der Waals surface area contributed by atoms with Crippen molar-refractivity contribution in [2.45, 2.75) is 26.3 Å². The van der Waals surface area contributed by atoms with Gasteiger partial charge in [-0.1, -0.05) is 12.1 Å². The van der Waals surface area contributed by atoms with E-state index in [-0.39, 0.29) is 24.2 Å². The lowest BCUT2D eigenvalue weighted by molar-refractivity contribution is -0.136.